The molecule has 1 aromatic carbocycles. The number of nitrogens with two attached hydrogens (primary N) is 1. The molecule has 0 radical (unpaired) electrons. The summed E-state index contributed by atoms with van der Waals surface area (Å²) in [5.41, 5.74) is 1.92. The maximum atomic E-state index is 12.7. The minimum Gasteiger partial charge on any atom is -0.493 e. The summed E-state index contributed by atoms with van der Waals surface area (Å²) in [6.45, 7) is 0.0497. The Balaban J connectivity index is 2.44. The van der Waals surface area contributed by atoms with Crippen molar-refractivity contribution in [3.8, 4) is 5.75 Å². The van der Waals surface area contributed by atoms with Gasteiger partial charge in [-0.05, 0) is 12.1 Å². The third kappa shape index (κ3) is 3.51. The summed E-state index contributed by atoms with van der Waals surface area (Å²) in [7, 11) is 0. The lowest BCUT2D eigenvalue weighted by Gasteiger charge is -2.05. The minimum absolute atomic E-state index is 0.0497. The van der Waals surface area contributed by atoms with Crippen LogP contribution in [0.5, 0.6) is 5.75 Å². The lowest BCUT2D eigenvalue weighted by Crippen LogP contribution is -2.31. The quantitative estimate of drug-likeness (QED) is 0.443. The molecule has 0 aliphatic heterocycles. The van der Waals surface area contributed by atoms with Crippen molar-refractivity contribution >= 4 is 5.91 Å². The van der Waals surface area contributed by atoms with Crippen molar-refractivity contribution < 1.29 is 18.3 Å². The van der Waals surface area contributed by atoms with Crippen molar-refractivity contribution in [2.24, 2.45) is 5.84 Å². The molecule has 1 amide bonds. The maximum absolute atomic E-state index is 12.7. The minimum atomic E-state index is -0.990. The smallest absolute Gasteiger partial charge is 0.237 e. The van der Waals surface area contributed by atoms with Crippen LogP contribution in [0.3, 0.4) is 0 Å². The monoisotopic (exact) mass is 216 g/mol. The van der Waals surface area contributed by atoms with Crippen molar-refractivity contribution in [3.05, 3.63) is 29.8 Å². The molecule has 0 aliphatic carbocycles. The molecule has 3 N–H and O–H groups in total. The Bertz CT molecular complexity index is 358. The summed E-state index contributed by atoms with van der Waals surface area (Å²) in [6, 6.07) is 3.14. The van der Waals surface area contributed by atoms with E-state index in [1.165, 1.54) is 6.07 Å². The van der Waals surface area contributed by atoms with Crippen LogP contribution in [0, 0.1) is 11.6 Å². The normalized spacial score (nSPS) is 9.80. The first kappa shape index (κ1) is 11.4. The van der Waals surface area contributed by atoms with Gasteiger partial charge in [-0.1, -0.05) is 0 Å². The van der Waals surface area contributed by atoms with Crippen molar-refractivity contribution in [1.29, 1.82) is 0 Å². The first-order chi connectivity index (χ1) is 7.13. The molecule has 0 unspecified atom stereocenters. The van der Waals surface area contributed by atoms with E-state index in [0.717, 1.165) is 12.1 Å². The van der Waals surface area contributed by atoms with Gasteiger partial charge in [0.25, 0.3) is 0 Å². The molecule has 0 aliphatic rings. The van der Waals surface area contributed by atoms with E-state index in [-0.39, 0.29) is 18.8 Å². The lowest BCUT2D eigenvalue weighted by molar-refractivity contribution is -0.121. The highest BCUT2D eigenvalue weighted by molar-refractivity contribution is 5.75. The number of hydrogen-bond acceptors (Lipinski definition) is 3. The number of amides is 1. The molecular weight excluding hydrogens is 206 g/mol. The molecule has 0 saturated heterocycles. The zero-order valence-electron chi connectivity index (χ0n) is 7.80. The molecule has 0 bridgehead atoms. The van der Waals surface area contributed by atoms with E-state index in [1.54, 1.807) is 0 Å². The van der Waals surface area contributed by atoms with Crippen LogP contribution in [0.2, 0.25) is 0 Å². The van der Waals surface area contributed by atoms with Crippen molar-refractivity contribution in [2.45, 2.75) is 6.42 Å². The van der Waals surface area contributed by atoms with Gasteiger partial charge >= 0.3 is 0 Å². The number of benzene rings is 1. The molecule has 1 rings (SSSR count). The summed E-state index contributed by atoms with van der Waals surface area (Å²) in [4.78, 5) is 10.7. The summed E-state index contributed by atoms with van der Waals surface area (Å²) >= 11 is 0. The zero-order valence-corrected chi connectivity index (χ0v) is 7.80. The van der Waals surface area contributed by atoms with E-state index in [9.17, 15) is 13.6 Å². The zero-order chi connectivity index (χ0) is 11.3. The highest BCUT2D eigenvalue weighted by Gasteiger charge is 2.04. The summed E-state index contributed by atoms with van der Waals surface area (Å²) in [6.07, 6.45) is 0.0511. The van der Waals surface area contributed by atoms with E-state index in [4.69, 9.17) is 10.6 Å². The average molecular weight is 216 g/mol. The number of halogens is 2. The molecule has 1 aromatic rings. The average Bonchev–Trinajstić information content (AvgIpc) is 2.23. The van der Waals surface area contributed by atoms with E-state index in [0.29, 0.717) is 0 Å². The Morgan fingerprint density at radius 3 is 2.73 bits per heavy atom. The number of rotatable bonds is 4. The van der Waals surface area contributed by atoms with E-state index < -0.39 is 17.5 Å². The fraction of sp³-hybridized carbons (Fsp3) is 0.222. The Morgan fingerprint density at radius 1 is 1.40 bits per heavy atom. The number of ether oxygens (including phenoxy) is 1. The number of hydrogen-bond donors (Lipinski definition) is 2. The Hall–Kier alpha value is -1.69. The predicted molar refractivity (Wildman–Crippen MR) is 48.8 cm³/mol. The number of nitrogens with one attached hydrogen (secondary N) is 1. The second kappa shape index (κ2) is 5.26. The van der Waals surface area contributed by atoms with Gasteiger partial charge in [0, 0.05) is 6.07 Å². The largest absolute Gasteiger partial charge is 0.493 e. The molecule has 0 fully saturated rings. The molecule has 82 valence electrons. The molecular formula is C9H10F2N2O2. The lowest BCUT2D eigenvalue weighted by atomic mass is 10.3. The van der Waals surface area contributed by atoms with Gasteiger partial charge in [-0.15, -0.1) is 0 Å². The second-order valence-corrected chi connectivity index (χ2v) is 2.74. The van der Waals surface area contributed by atoms with Crippen LogP contribution in [-0.4, -0.2) is 12.5 Å². The van der Waals surface area contributed by atoms with Gasteiger partial charge in [-0.3, -0.25) is 10.2 Å². The third-order valence-electron chi connectivity index (χ3n) is 1.65. The predicted octanol–water partition coefficient (Wildman–Crippen LogP) is 0.724. The van der Waals surface area contributed by atoms with E-state index in [1.807, 2.05) is 5.43 Å². The SMILES string of the molecule is NNC(=O)CCOc1ccc(F)c(F)c1. The molecule has 0 saturated carbocycles. The fourth-order valence-electron chi connectivity index (χ4n) is 0.900. The van der Waals surface area contributed by atoms with Crippen LogP contribution < -0.4 is 16.0 Å². The molecule has 0 atom stereocenters. The fourth-order valence-corrected chi connectivity index (χ4v) is 0.900. The van der Waals surface area contributed by atoms with Gasteiger partial charge < -0.3 is 4.74 Å². The summed E-state index contributed by atoms with van der Waals surface area (Å²) in [5.74, 6) is 2.67. The maximum Gasteiger partial charge on any atom is 0.237 e. The molecule has 4 nitrogen and oxygen atoms in total. The van der Waals surface area contributed by atoms with Crippen molar-refractivity contribution in [1.82, 2.24) is 5.43 Å². The standard InChI is InChI=1S/C9H10F2N2O2/c10-7-2-1-6(5-8(7)11)15-4-3-9(14)13-12/h1-2,5H,3-4,12H2,(H,13,14). The molecule has 0 heterocycles. The van der Waals surface area contributed by atoms with Crippen LogP contribution in [0.4, 0.5) is 8.78 Å². The Morgan fingerprint density at radius 2 is 2.13 bits per heavy atom. The molecule has 0 aromatic heterocycles. The summed E-state index contributed by atoms with van der Waals surface area (Å²) in [5, 5.41) is 0. The van der Waals surface area contributed by atoms with Crippen LogP contribution in [-0.2, 0) is 4.79 Å². The van der Waals surface area contributed by atoms with Crippen LogP contribution in [0.25, 0.3) is 0 Å². The topological polar surface area (TPSA) is 64.3 Å². The highest BCUT2D eigenvalue weighted by Crippen LogP contribution is 2.15. The van der Waals surface area contributed by atoms with E-state index in [2.05, 4.69) is 0 Å². The van der Waals surface area contributed by atoms with Gasteiger partial charge in [-0.25, -0.2) is 14.6 Å². The van der Waals surface area contributed by atoms with Crippen LogP contribution >= 0.6 is 0 Å². The van der Waals surface area contributed by atoms with Crippen LogP contribution in [0.1, 0.15) is 6.42 Å². The second-order valence-electron chi connectivity index (χ2n) is 2.74. The highest BCUT2D eigenvalue weighted by atomic mass is 19.2. The van der Waals surface area contributed by atoms with Gasteiger partial charge in [0.15, 0.2) is 11.6 Å². The molecule has 0 spiro atoms. The third-order valence-corrected chi connectivity index (χ3v) is 1.65. The number of carbonyl (C=O) groups excluding carboxylic acids is 1. The summed E-state index contributed by atoms with van der Waals surface area (Å²) < 4.78 is 30.2. The van der Waals surface area contributed by atoms with Crippen molar-refractivity contribution in [2.75, 3.05) is 6.61 Å². The Kier molecular flexibility index (Phi) is 3.99. The van der Waals surface area contributed by atoms with E-state index >= 15 is 0 Å². The first-order valence-electron chi connectivity index (χ1n) is 4.21. The molecule has 6 heteroatoms. The number of carbonyl (C=O) groups is 1. The first-order valence-corrected chi connectivity index (χ1v) is 4.21. The van der Waals surface area contributed by atoms with Crippen molar-refractivity contribution in [3.63, 3.8) is 0 Å². The molecule has 15 heavy (non-hydrogen) atoms. The Labute approximate surface area is 85.0 Å². The van der Waals surface area contributed by atoms with Gasteiger partial charge in [0.1, 0.15) is 5.75 Å². The van der Waals surface area contributed by atoms with Gasteiger partial charge in [0.2, 0.25) is 5.91 Å². The van der Waals surface area contributed by atoms with Crippen LogP contribution in [0.15, 0.2) is 18.2 Å². The number of hydrazine groups is 1. The van der Waals surface area contributed by atoms with Gasteiger partial charge in [-0.2, -0.15) is 0 Å². The van der Waals surface area contributed by atoms with Gasteiger partial charge in [0.05, 0.1) is 13.0 Å².